The van der Waals surface area contributed by atoms with E-state index in [9.17, 15) is 4.57 Å². The first-order chi connectivity index (χ1) is 3.71. The minimum Gasteiger partial charge on any atom is -0.316 e. The largest absolute Gasteiger partial charge is 0.394 e. The molecular formula is C4H10BrO3P. The maximum Gasteiger partial charge on any atom is 0.394 e. The minimum atomic E-state index is -3.47. The molecule has 56 valence electrons. The summed E-state index contributed by atoms with van der Waals surface area (Å²) in [6.07, 6.45) is -3.47. The van der Waals surface area contributed by atoms with Gasteiger partial charge < -0.3 is 4.89 Å². The Labute approximate surface area is 62.7 Å². The summed E-state index contributed by atoms with van der Waals surface area (Å²) in [4.78, 5) is 8.60. The molecule has 0 aromatic carbocycles. The third-order valence-corrected chi connectivity index (χ3v) is 1.59. The van der Waals surface area contributed by atoms with Crippen molar-refractivity contribution < 1.29 is 14.0 Å². The maximum atomic E-state index is 10.5. The molecule has 5 heteroatoms. The van der Waals surface area contributed by atoms with Crippen molar-refractivity contribution in [3.05, 3.63) is 0 Å². The van der Waals surface area contributed by atoms with Crippen LogP contribution >= 0.6 is 21.8 Å². The van der Waals surface area contributed by atoms with E-state index in [0.29, 0.717) is 0 Å². The molecule has 0 aliphatic rings. The van der Waals surface area contributed by atoms with Gasteiger partial charge in [-0.2, -0.15) is 0 Å². The first kappa shape index (κ1) is 9.63. The zero-order chi connectivity index (χ0) is 7.71. The normalized spacial score (nSPS) is 19.2. The van der Waals surface area contributed by atoms with Crippen LogP contribution in [0, 0.1) is 0 Å². The Hall–Kier alpha value is 0.630. The smallest absolute Gasteiger partial charge is 0.316 e. The third-order valence-electron chi connectivity index (χ3n) is 0.386. The lowest BCUT2D eigenvalue weighted by atomic mass is 10.2. The van der Waals surface area contributed by atoms with Crippen LogP contribution in [0.2, 0.25) is 0 Å². The number of rotatable bonds is 1. The number of hydrogen-bond acceptors (Lipinski definition) is 2. The van der Waals surface area contributed by atoms with Crippen LogP contribution < -0.4 is 0 Å². The molecule has 0 bridgehead atoms. The highest BCUT2D eigenvalue weighted by Gasteiger charge is 2.23. The molecule has 0 saturated heterocycles. The molecule has 0 aromatic heterocycles. The molecule has 0 heterocycles. The van der Waals surface area contributed by atoms with Gasteiger partial charge in [-0.15, -0.1) is 0 Å². The van der Waals surface area contributed by atoms with Crippen LogP contribution in [0.1, 0.15) is 20.8 Å². The molecule has 3 nitrogen and oxygen atoms in total. The zero-order valence-electron chi connectivity index (χ0n) is 5.59. The van der Waals surface area contributed by atoms with E-state index in [2.05, 4.69) is 20.0 Å². The van der Waals surface area contributed by atoms with Crippen LogP contribution in [-0.2, 0) is 9.09 Å². The van der Waals surface area contributed by atoms with E-state index in [-0.39, 0.29) is 0 Å². The molecule has 9 heavy (non-hydrogen) atoms. The molecule has 0 aliphatic heterocycles. The van der Waals surface area contributed by atoms with Crippen LogP contribution in [0.5, 0.6) is 0 Å². The van der Waals surface area contributed by atoms with Crippen molar-refractivity contribution in [3.63, 3.8) is 0 Å². The van der Waals surface area contributed by atoms with Crippen LogP contribution in [0.15, 0.2) is 0 Å². The second-order valence-corrected chi connectivity index (χ2v) is 6.43. The van der Waals surface area contributed by atoms with Gasteiger partial charge in [-0.3, -0.25) is 4.52 Å². The highest BCUT2D eigenvalue weighted by atomic mass is 79.9. The molecule has 0 amide bonds. The van der Waals surface area contributed by atoms with Gasteiger partial charge in [-0.1, -0.05) is 0 Å². The summed E-state index contributed by atoms with van der Waals surface area (Å²) in [5, 5.41) is 0. The van der Waals surface area contributed by atoms with Gasteiger partial charge >= 0.3 is 6.30 Å². The van der Waals surface area contributed by atoms with Gasteiger partial charge in [0.2, 0.25) is 0 Å². The Morgan fingerprint density at radius 2 is 1.89 bits per heavy atom. The van der Waals surface area contributed by atoms with Gasteiger partial charge in [0.25, 0.3) is 0 Å². The van der Waals surface area contributed by atoms with Gasteiger partial charge in [0, 0.05) is 15.5 Å². The quantitative estimate of drug-likeness (QED) is 0.685. The van der Waals surface area contributed by atoms with E-state index in [1.54, 1.807) is 20.8 Å². The van der Waals surface area contributed by atoms with Crippen LogP contribution in [0.4, 0.5) is 0 Å². The molecule has 0 aliphatic carbocycles. The molecule has 0 radical (unpaired) electrons. The molecule has 0 saturated carbocycles. The van der Waals surface area contributed by atoms with E-state index in [0.717, 1.165) is 0 Å². The second kappa shape index (κ2) is 2.70. The van der Waals surface area contributed by atoms with Crippen LogP contribution in [0.25, 0.3) is 0 Å². The number of hydrogen-bond donors (Lipinski definition) is 1. The van der Waals surface area contributed by atoms with Gasteiger partial charge in [0.05, 0.1) is 5.60 Å². The van der Waals surface area contributed by atoms with E-state index < -0.39 is 11.9 Å². The zero-order valence-corrected chi connectivity index (χ0v) is 8.07. The summed E-state index contributed by atoms with van der Waals surface area (Å²) in [6.45, 7) is 5.12. The summed E-state index contributed by atoms with van der Waals surface area (Å²) < 4.78 is 15.1. The van der Waals surface area contributed by atoms with E-state index in [1.807, 2.05) is 0 Å². The van der Waals surface area contributed by atoms with E-state index in [1.165, 1.54) is 0 Å². The Balaban J connectivity index is 3.90. The first-order valence-corrected chi connectivity index (χ1v) is 6.03. The lowest BCUT2D eigenvalue weighted by Gasteiger charge is -2.19. The van der Waals surface area contributed by atoms with E-state index >= 15 is 0 Å². The Kier molecular flexibility index (Phi) is 2.89. The maximum absolute atomic E-state index is 10.5. The summed E-state index contributed by atoms with van der Waals surface area (Å²) in [5.74, 6) is 0. The fourth-order valence-corrected chi connectivity index (χ4v) is 2.32. The summed E-state index contributed by atoms with van der Waals surface area (Å²) >= 11 is 2.50. The van der Waals surface area contributed by atoms with Crippen molar-refractivity contribution in [2.75, 3.05) is 0 Å². The summed E-state index contributed by atoms with van der Waals surface area (Å²) in [6, 6.07) is 0. The Morgan fingerprint density at radius 3 is 1.89 bits per heavy atom. The topological polar surface area (TPSA) is 46.5 Å². The van der Waals surface area contributed by atoms with E-state index in [4.69, 9.17) is 4.89 Å². The molecule has 0 fully saturated rings. The van der Waals surface area contributed by atoms with Gasteiger partial charge in [-0.05, 0) is 20.8 Å². The molecular weight excluding hydrogens is 207 g/mol. The van der Waals surface area contributed by atoms with Gasteiger partial charge in [0.15, 0.2) is 0 Å². The SMILES string of the molecule is CC(C)(C)OP(=O)(O)Br. The fourth-order valence-electron chi connectivity index (χ4n) is 0.338. The molecule has 0 aromatic rings. The van der Waals surface area contributed by atoms with Crippen molar-refractivity contribution >= 4 is 21.8 Å². The molecule has 0 rings (SSSR count). The minimum absolute atomic E-state index is 0.576. The predicted octanol–water partition coefficient (Wildman–Crippen LogP) is 2.30. The summed E-state index contributed by atoms with van der Waals surface area (Å²) in [5.41, 5.74) is -0.576. The Bertz CT molecular complexity index is 133. The third kappa shape index (κ3) is 8.63. The monoisotopic (exact) mass is 216 g/mol. The molecule has 1 atom stereocenters. The average Bonchev–Trinajstić information content (AvgIpc) is 1.14. The highest BCUT2D eigenvalue weighted by Crippen LogP contribution is 2.53. The van der Waals surface area contributed by atoms with Crippen molar-refractivity contribution in [2.45, 2.75) is 26.4 Å². The van der Waals surface area contributed by atoms with Crippen molar-refractivity contribution in [3.8, 4) is 0 Å². The van der Waals surface area contributed by atoms with Crippen molar-refractivity contribution in [2.24, 2.45) is 0 Å². The second-order valence-electron chi connectivity index (χ2n) is 2.66. The molecule has 0 spiro atoms. The predicted molar refractivity (Wildman–Crippen MR) is 39.6 cm³/mol. The standard InChI is InChI=1S/C4H10BrO3P/c1-4(2,3)8-9(5,6)7/h1-3H3,(H,6,7). The first-order valence-electron chi connectivity index (χ1n) is 2.44. The van der Waals surface area contributed by atoms with Crippen molar-refractivity contribution in [1.29, 1.82) is 0 Å². The van der Waals surface area contributed by atoms with Gasteiger partial charge in [0.1, 0.15) is 0 Å². The number of halogens is 1. The molecule has 1 unspecified atom stereocenters. The van der Waals surface area contributed by atoms with Gasteiger partial charge in [-0.25, -0.2) is 4.57 Å². The van der Waals surface area contributed by atoms with Crippen molar-refractivity contribution in [1.82, 2.24) is 0 Å². The lowest BCUT2D eigenvalue weighted by molar-refractivity contribution is 0.121. The lowest BCUT2D eigenvalue weighted by Crippen LogP contribution is -2.15. The van der Waals surface area contributed by atoms with Crippen LogP contribution in [0.3, 0.4) is 0 Å². The summed E-state index contributed by atoms with van der Waals surface area (Å²) in [7, 11) is 0. The van der Waals surface area contributed by atoms with Crippen LogP contribution in [-0.4, -0.2) is 10.5 Å². The highest BCUT2D eigenvalue weighted by molar-refractivity contribution is 9.39. The fraction of sp³-hybridized carbons (Fsp3) is 1.00. The molecule has 1 N–H and O–H groups in total. The Morgan fingerprint density at radius 1 is 1.56 bits per heavy atom. The average molecular weight is 217 g/mol.